The van der Waals surface area contributed by atoms with E-state index in [1.165, 1.54) is 28.4 Å². The monoisotopic (exact) mass is 504 g/mol. The fraction of sp³-hybridized carbons (Fsp3) is 0.500. The topological polar surface area (TPSA) is 119 Å². The highest BCUT2D eigenvalue weighted by molar-refractivity contribution is 7.89. The van der Waals surface area contributed by atoms with Gasteiger partial charge in [-0.1, -0.05) is 13.8 Å². The molecule has 1 unspecified atom stereocenters. The third-order valence-electron chi connectivity index (χ3n) is 5.68. The second-order valence-electron chi connectivity index (χ2n) is 8.96. The molecule has 35 heavy (non-hydrogen) atoms. The number of benzene rings is 1. The van der Waals surface area contributed by atoms with Crippen molar-refractivity contribution in [3.63, 3.8) is 0 Å². The highest BCUT2D eigenvalue weighted by atomic mass is 32.2. The number of hydrogen-bond donors (Lipinski definition) is 0. The Morgan fingerprint density at radius 1 is 1.11 bits per heavy atom. The van der Waals surface area contributed by atoms with Crippen LogP contribution in [-0.4, -0.2) is 78.9 Å². The Morgan fingerprint density at radius 3 is 2.34 bits per heavy atom. The van der Waals surface area contributed by atoms with Crippen molar-refractivity contribution >= 4 is 21.9 Å². The van der Waals surface area contributed by atoms with Crippen LogP contribution >= 0.6 is 0 Å². The summed E-state index contributed by atoms with van der Waals surface area (Å²) in [7, 11) is -2.25. The van der Waals surface area contributed by atoms with Crippen molar-refractivity contribution in [1.29, 1.82) is 0 Å². The van der Waals surface area contributed by atoms with Crippen LogP contribution in [0.25, 0.3) is 0 Å². The number of ether oxygens (including phenoxy) is 2. The first-order valence-corrected chi connectivity index (χ1v) is 12.9. The number of carbonyl (C=O) groups excluding carboxylic acids is 2. The summed E-state index contributed by atoms with van der Waals surface area (Å²) < 4.78 is 38.2. The number of aromatic nitrogens is 2. The minimum absolute atomic E-state index is 0.0255. The van der Waals surface area contributed by atoms with Crippen LogP contribution in [0.4, 0.5) is 0 Å². The van der Waals surface area contributed by atoms with E-state index in [9.17, 15) is 18.0 Å². The highest BCUT2D eigenvalue weighted by Crippen LogP contribution is 2.25. The van der Waals surface area contributed by atoms with Gasteiger partial charge in [0.2, 0.25) is 10.0 Å². The number of methoxy groups -OCH3 is 1. The molecule has 0 spiro atoms. The Balaban J connectivity index is 1.82. The Hall–Kier alpha value is -3.05. The van der Waals surface area contributed by atoms with E-state index in [0.717, 1.165) is 0 Å². The largest absolute Gasteiger partial charge is 0.497 e. The van der Waals surface area contributed by atoms with Crippen LogP contribution in [0, 0.1) is 19.8 Å². The van der Waals surface area contributed by atoms with Crippen LogP contribution in [0.15, 0.2) is 29.2 Å². The van der Waals surface area contributed by atoms with Crippen molar-refractivity contribution in [2.24, 2.45) is 5.92 Å². The van der Waals surface area contributed by atoms with Gasteiger partial charge in [-0.2, -0.15) is 4.31 Å². The van der Waals surface area contributed by atoms with Gasteiger partial charge < -0.3 is 14.4 Å². The van der Waals surface area contributed by atoms with Crippen LogP contribution in [0.3, 0.4) is 0 Å². The van der Waals surface area contributed by atoms with Crippen molar-refractivity contribution in [3.05, 3.63) is 47.0 Å². The molecule has 190 valence electrons. The molecule has 1 saturated heterocycles. The van der Waals surface area contributed by atoms with Crippen molar-refractivity contribution in [1.82, 2.24) is 19.2 Å². The maximum Gasteiger partial charge on any atom is 0.342 e. The first-order valence-electron chi connectivity index (χ1n) is 11.4. The maximum absolute atomic E-state index is 13.5. The van der Waals surface area contributed by atoms with E-state index in [0.29, 0.717) is 17.3 Å². The van der Waals surface area contributed by atoms with E-state index < -0.39 is 27.9 Å². The summed E-state index contributed by atoms with van der Waals surface area (Å²) in [5.41, 5.74) is 0.382. The molecular formula is C24H32N4O6S. The zero-order valence-corrected chi connectivity index (χ0v) is 21.8. The predicted molar refractivity (Wildman–Crippen MR) is 129 cm³/mol. The van der Waals surface area contributed by atoms with Crippen LogP contribution in [0.2, 0.25) is 0 Å². The Bertz CT molecular complexity index is 1200. The van der Waals surface area contributed by atoms with Crippen molar-refractivity contribution in [2.75, 3.05) is 33.4 Å². The molecule has 1 aliphatic rings. The van der Waals surface area contributed by atoms with E-state index in [-0.39, 0.29) is 48.3 Å². The molecule has 11 heteroatoms. The van der Waals surface area contributed by atoms with E-state index in [1.54, 1.807) is 32.9 Å². The number of amides is 1. The minimum atomic E-state index is -3.76. The summed E-state index contributed by atoms with van der Waals surface area (Å²) in [5, 5.41) is 0. The zero-order chi connectivity index (χ0) is 25.9. The van der Waals surface area contributed by atoms with Gasteiger partial charge in [0.05, 0.1) is 24.3 Å². The van der Waals surface area contributed by atoms with Gasteiger partial charge in [-0.05, 0) is 51.0 Å². The van der Waals surface area contributed by atoms with Crippen LogP contribution in [-0.2, 0) is 14.8 Å². The van der Waals surface area contributed by atoms with E-state index in [2.05, 4.69) is 9.97 Å². The highest BCUT2D eigenvalue weighted by Gasteiger charge is 2.37. The summed E-state index contributed by atoms with van der Waals surface area (Å²) in [4.78, 5) is 36.4. The first kappa shape index (κ1) is 26.6. The average Bonchev–Trinajstić information content (AvgIpc) is 2.81. The molecule has 0 N–H and O–H groups in total. The SMILES string of the molecule is COc1ccc(S(=O)(=O)N2CCN(C(=O)c3nc(C)nc(C)c3C(=O)OCC(C)C)CC2C)cc1. The number of hydrogen-bond acceptors (Lipinski definition) is 8. The molecule has 2 heterocycles. The zero-order valence-electron chi connectivity index (χ0n) is 20.9. The van der Waals surface area contributed by atoms with Gasteiger partial charge in [-0.15, -0.1) is 0 Å². The minimum Gasteiger partial charge on any atom is -0.497 e. The fourth-order valence-corrected chi connectivity index (χ4v) is 5.55. The average molecular weight is 505 g/mol. The molecule has 1 aromatic heterocycles. The number of piperazine rings is 1. The Kier molecular flexibility index (Phi) is 8.11. The summed E-state index contributed by atoms with van der Waals surface area (Å²) in [6.45, 7) is 9.48. The number of esters is 1. The molecule has 2 aromatic rings. The van der Waals surface area contributed by atoms with Crippen molar-refractivity contribution in [3.8, 4) is 5.75 Å². The number of nitrogens with zero attached hydrogens (tertiary/aromatic N) is 4. The Labute approximate surface area is 206 Å². The summed E-state index contributed by atoms with van der Waals surface area (Å²) in [5.74, 6) is -0.0475. The molecule has 1 amide bonds. The van der Waals surface area contributed by atoms with Gasteiger partial charge in [-0.3, -0.25) is 4.79 Å². The van der Waals surface area contributed by atoms with Gasteiger partial charge in [0.25, 0.3) is 5.91 Å². The number of aryl methyl sites for hydroxylation is 2. The molecule has 1 fully saturated rings. The van der Waals surface area contributed by atoms with Crippen LogP contribution in [0.5, 0.6) is 5.75 Å². The third-order valence-corrected chi connectivity index (χ3v) is 7.70. The van der Waals surface area contributed by atoms with Gasteiger partial charge in [0, 0.05) is 25.7 Å². The summed E-state index contributed by atoms with van der Waals surface area (Å²) >= 11 is 0. The number of carbonyl (C=O) groups is 2. The normalized spacial score (nSPS) is 16.9. The lowest BCUT2D eigenvalue weighted by Crippen LogP contribution is -2.55. The molecule has 1 atom stereocenters. The standard InChI is InChI=1S/C24H32N4O6S/c1-15(2)14-34-24(30)21-17(4)25-18(5)26-22(21)23(29)27-11-12-28(16(3)13-27)35(31,32)20-9-7-19(33-6)8-10-20/h7-10,15-16H,11-14H2,1-6H3. The summed E-state index contributed by atoms with van der Waals surface area (Å²) in [6, 6.07) is 5.70. The molecular weight excluding hydrogens is 472 g/mol. The lowest BCUT2D eigenvalue weighted by atomic mass is 10.1. The molecule has 3 rings (SSSR count). The third kappa shape index (κ3) is 5.79. The second-order valence-corrected chi connectivity index (χ2v) is 10.9. The quantitative estimate of drug-likeness (QED) is 0.528. The van der Waals surface area contributed by atoms with Gasteiger partial charge in [0.15, 0.2) is 0 Å². The molecule has 0 bridgehead atoms. The summed E-state index contributed by atoms with van der Waals surface area (Å²) in [6.07, 6.45) is 0. The molecule has 1 aromatic carbocycles. The van der Waals surface area contributed by atoms with Crippen molar-refractivity contribution in [2.45, 2.75) is 45.6 Å². The maximum atomic E-state index is 13.5. The van der Waals surface area contributed by atoms with Gasteiger partial charge in [0.1, 0.15) is 22.8 Å². The molecule has 10 nitrogen and oxygen atoms in total. The second kappa shape index (κ2) is 10.7. The van der Waals surface area contributed by atoms with Gasteiger partial charge in [-0.25, -0.2) is 23.2 Å². The van der Waals surface area contributed by atoms with E-state index in [4.69, 9.17) is 9.47 Å². The van der Waals surface area contributed by atoms with Crippen molar-refractivity contribution < 1.29 is 27.5 Å². The van der Waals surface area contributed by atoms with Crippen LogP contribution in [0.1, 0.15) is 53.1 Å². The predicted octanol–water partition coefficient (Wildman–Crippen LogP) is 2.45. The van der Waals surface area contributed by atoms with Crippen LogP contribution < -0.4 is 4.74 Å². The lowest BCUT2D eigenvalue weighted by Gasteiger charge is -2.39. The number of rotatable bonds is 7. The van der Waals surface area contributed by atoms with E-state index >= 15 is 0 Å². The smallest absolute Gasteiger partial charge is 0.342 e. The fourth-order valence-electron chi connectivity index (χ4n) is 3.94. The number of sulfonamides is 1. The molecule has 1 aliphatic heterocycles. The van der Waals surface area contributed by atoms with Gasteiger partial charge >= 0.3 is 5.97 Å². The molecule has 0 aliphatic carbocycles. The lowest BCUT2D eigenvalue weighted by molar-refractivity contribution is 0.0446. The first-order chi connectivity index (χ1) is 16.4. The Morgan fingerprint density at radius 2 is 1.77 bits per heavy atom. The molecule has 0 radical (unpaired) electrons. The molecule has 0 saturated carbocycles. The van der Waals surface area contributed by atoms with E-state index in [1.807, 2.05) is 13.8 Å².